The normalized spacial score (nSPS) is 12.4. The number of rotatable bonds is 5. The monoisotopic (exact) mass is 493 g/mol. The number of carbonyl (C=O) groups is 1. The molecule has 0 spiro atoms. The Balaban J connectivity index is 0.00000152. The Labute approximate surface area is 210 Å². The van der Waals surface area contributed by atoms with Crippen LogP contribution in [0.2, 0.25) is 0 Å². The lowest BCUT2D eigenvalue weighted by Gasteiger charge is -2.25. The Morgan fingerprint density at radius 3 is 2.69 bits per heavy atom. The number of thioether (sulfide) groups is 1. The van der Waals surface area contributed by atoms with Crippen LogP contribution >= 0.6 is 11.8 Å². The van der Waals surface area contributed by atoms with Gasteiger partial charge in [-0.3, -0.25) is 9.78 Å². The Kier molecular flexibility index (Phi) is 8.70. The number of nitrogens with zero attached hydrogens (tertiary/aromatic N) is 2. The minimum absolute atomic E-state index is 0. The van der Waals surface area contributed by atoms with Crippen molar-refractivity contribution in [3.8, 4) is 5.75 Å². The third-order valence-corrected chi connectivity index (χ3v) is 6.57. The molecule has 0 radical (unpaired) electrons. The lowest BCUT2D eigenvalue weighted by molar-refractivity contribution is 0.0950. The van der Waals surface area contributed by atoms with Crippen LogP contribution in [0, 0.1) is 0 Å². The van der Waals surface area contributed by atoms with Crippen LogP contribution in [0.1, 0.15) is 23.8 Å². The predicted octanol–water partition coefficient (Wildman–Crippen LogP) is 4.40. The number of amides is 1. The van der Waals surface area contributed by atoms with Crippen LogP contribution in [-0.2, 0) is 6.54 Å². The molecule has 1 aromatic heterocycles. The van der Waals surface area contributed by atoms with E-state index in [9.17, 15) is 4.79 Å². The summed E-state index contributed by atoms with van der Waals surface area (Å²) in [4.78, 5) is 20.8. The first-order valence-corrected chi connectivity index (χ1v) is 12.2. The van der Waals surface area contributed by atoms with Gasteiger partial charge in [0.2, 0.25) is 0 Å². The maximum Gasteiger partial charge on any atom is 0.251 e. The Morgan fingerprint density at radius 2 is 1.89 bits per heavy atom. The zero-order chi connectivity index (χ0) is 22.6. The van der Waals surface area contributed by atoms with E-state index in [0.29, 0.717) is 18.7 Å². The molecule has 35 heavy (non-hydrogen) atoms. The van der Waals surface area contributed by atoms with Gasteiger partial charge in [0, 0.05) is 36.6 Å². The van der Waals surface area contributed by atoms with E-state index in [4.69, 9.17) is 4.74 Å². The molecule has 1 amide bonds. The second kappa shape index (κ2) is 11.7. The standard InChI is InChI=1S/C27H25N3O2S.2H2O.H2/c1-33-21-11-8-19(9-12-21)18-29-27(31)20-10-13-25-26(17-20)32-16-4-15-30(25)24-7-2-6-23-22(24)5-3-14-28-23;;;/h2-3,5-14,17H,4,15-16,18H2,1H3,(H,29,31);2*1H2;1H. The van der Waals surface area contributed by atoms with Gasteiger partial charge in [-0.2, -0.15) is 0 Å². The molecule has 2 heterocycles. The molecule has 1 aliphatic heterocycles. The number of pyridine rings is 1. The summed E-state index contributed by atoms with van der Waals surface area (Å²) in [5.74, 6) is 0.617. The van der Waals surface area contributed by atoms with E-state index in [1.807, 2.05) is 54.7 Å². The molecule has 0 aliphatic carbocycles. The van der Waals surface area contributed by atoms with Crippen molar-refractivity contribution in [2.75, 3.05) is 24.3 Å². The van der Waals surface area contributed by atoms with Crippen LogP contribution in [0.5, 0.6) is 5.75 Å². The molecule has 5 rings (SSSR count). The number of ether oxygens (including phenoxy) is 1. The molecule has 0 bridgehead atoms. The van der Waals surface area contributed by atoms with Crippen molar-refractivity contribution in [3.05, 3.63) is 90.1 Å². The van der Waals surface area contributed by atoms with Gasteiger partial charge in [-0.25, -0.2) is 0 Å². The van der Waals surface area contributed by atoms with Crippen molar-refractivity contribution < 1.29 is 21.9 Å². The molecule has 4 aromatic rings. The molecule has 7 nitrogen and oxygen atoms in total. The summed E-state index contributed by atoms with van der Waals surface area (Å²) in [6.45, 7) is 1.93. The summed E-state index contributed by atoms with van der Waals surface area (Å²) in [6.07, 6.45) is 4.75. The number of benzene rings is 3. The number of hydrogen-bond acceptors (Lipinski definition) is 5. The van der Waals surface area contributed by atoms with Gasteiger partial charge < -0.3 is 25.9 Å². The highest BCUT2D eigenvalue weighted by molar-refractivity contribution is 7.98. The van der Waals surface area contributed by atoms with Gasteiger partial charge in [0.05, 0.1) is 23.5 Å². The average molecular weight is 494 g/mol. The second-order valence-corrected chi connectivity index (χ2v) is 8.79. The van der Waals surface area contributed by atoms with Crippen molar-refractivity contribution >= 4 is 39.9 Å². The number of hydrogen-bond donors (Lipinski definition) is 1. The molecule has 3 aromatic carbocycles. The van der Waals surface area contributed by atoms with Gasteiger partial charge in [0.25, 0.3) is 5.91 Å². The van der Waals surface area contributed by atoms with Gasteiger partial charge >= 0.3 is 0 Å². The summed E-state index contributed by atoms with van der Waals surface area (Å²) in [6, 6.07) is 24.2. The van der Waals surface area contributed by atoms with Gasteiger partial charge in [0.15, 0.2) is 0 Å². The number of fused-ring (bicyclic) bond motifs is 2. The van der Waals surface area contributed by atoms with Crippen LogP contribution < -0.4 is 15.0 Å². The molecule has 0 saturated carbocycles. The molecule has 1 aliphatic rings. The van der Waals surface area contributed by atoms with Gasteiger partial charge in [-0.15, -0.1) is 11.8 Å². The quantitative estimate of drug-likeness (QED) is 0.413. The molecular weight excluding hydrogens is 462 g/mol. The van der Waals surface area contributed by atoms with E-state index >= 15 is 0 Å². The van der Waals surface area contributed by atoms with E-state index in [1.165, 1.54) is 4.90 Å². The van der Waals surface area contributed by atoms with Crippen molar-refractivity contribution in [3.63, 3.8) is 0 Å². The van der Waals surface area contributed by atoms with Crippen molar-refractivity contribution in [2.24, 2.45) is 0 Å². The number of nitrogens with one attached hydrogen (secondary N) is 1. The number of aromatic nitrogens is 1. The maximum atomic E-state index is 12.8. The lowest BCUT2D eigenvalue weighted by atomic mass is 10.1. The van der Waals surface area contributed by atoms with Crippen molar-refractivity contribution in [1.29, 1.82) is 0 Å². The summed E-state index contributed by atoms with van der Waals surface area (Å²) in [7, 11) is 0. The first kappa shape index (κ1) is 26.0. The number of anilines is 2. The van der Waals surface area contributed by atoms with Crippen LogP contribution in [-0.4, -0.2) is 41.3 Å². The highest BCUT2D eigenvalue weighted by Crippen LogP contribution is 2.39. The lowest BCUT2D eigenvalue weighted by Crippen LogP contribution is -2.23. The zero-order valence-corrected chi connectivity index (χ0v) is 20.3. The highest BCUT2D eigenvalue weighted by Gasteiger charge is 2.21. The zero-order valence-electron chi connectivity index (χ0n) is 19.5. The van der Waals surface area contributed by atoms with Crippen LogP contribution in [0.4, 0.5) is 11.4 Å². The first-order chi connectivity index (χ1) is 16.2. The molecule has 5 N–H and O–H groups in total. The fourth-order valence-electron chi connectivity index (χ4n) is 4.12. The fourth-order valence-corrected chi connectivity index (χ4v) is 4.53. The van der Waals surface area contributed by atoms with Crippen LogP contribution in [0.3, 0.4) is 0 Å². The Hall–Kier alpha value is -3.59. The molecule has 0 fully saturated rings. The molecule has 8 heteroatoms. The predicted molar refractivity (Wildman–Crippen MR) is 144 cm³/mol. The topological polar surface area (TPSA) is 117 Å². The molecule has 0 unspecified atom stereocenters. The van der Waals surface area contributed by atoms with Crippen molar-refractivity contribution in [2.45, 2.75) is 17.9 Å². The molecular formula is C27H31N3O4S. The number of carbonyl (C=O) groups excluding carboxylic acids is 1. The van der Waals surface area contributed by atoms with Gasteiger partial charge in [0.1, 0.15) is 5.75 Å². The smallest absolute Gasteiger partial charge is 0.251 e. The summed E-state index contributed by atoms with van der Waals surface area (Å²) in [5.41, 5.74) is 4.69. The van der Waals surface area contributed by atoms with E-state index in [-0.39, 0.29) is 18.3 Å². The Morgan fingerprint density at radius 1 is 1.06 bits per heavy atom. The third kappa shape index (κ3) is 5.57. The van der Waals surface area contributed by atoms with Crippen LogP contribution in [0.15, 0.2) is 83.9 Å². The van der Waals surface area contributed by atoms with E-state index < -0.39 is 0 Å². The summed E-state index contributed by atoms with van der Waals surface area (Å²) >= 11 is 1.70. The Bertz CT molecular complexity index is 1300. The molecule has 0 saturated heterocycles. The van der Waals surface area contributed by atoms with Gasteiger partial charge in [-0.05, 0) is 72.8 Å². The third-order valence-electron chi connectivity index (χ3n) is 5.82. The summed E-state index contributed by atoms with van der Waals surface area (Å²) < 4.78 is 6.05. The highest BCUT2D eigenvalue weighted by atomic mass is 32.2. The SMILES string of the molecule is CSc1ccc(CNC(=O)c2ccc3c(c2)OCCCN3c2cccc3ncccc23)cc1.O.O.[HH]. The fraction of sp³-hybridized carbons (Fsp3) is 0.185. The largest absolute Gasteiger partial charge is 0.491 e. The average Bonchev–Trinajstić information content (AvgIpc) is 3.09. The van der Waals surface area contributed by atoms with Crippen molar-refractivity contribution in [1.82, 2.24) is 10.3 Å². The second-order valence-electron chi connectivity index (χ2n) is 7.91. The van der Waals surface area contributed by atoms with E-state index in [2.05, 4.69) is 45.7 Å². The minimum Gasteiger partial charge on any atom is -0.491 e. The first-order valence-electron chi connectivity index (χ1n) is 11.0. The summed E-state index contributed by atoms with van der Waals surface area (Å²) in [5, 5.41) is 4.12. The van der Waals surface area contributed by atoms with E-state index in [0.717, 1.165) is 46.6 Å². The minimum atomic E-state index is -0.111. The molecule has 184 valence electrons. The maximum absolute atomic E-state index is 12.8. The van der Waals surface area contributed by atoms with Gasteiger partial charge in [-0.1, -0.05) is 18.2 Å². The van der Waals surface area contributed by atoms with Crippen LogP contribution in [0.25, 0.3) is 10.9 Å². The van der Waals surface area contributed by atoms with E-state index in [1.54, 1.807) is 11.8 Å². The molecule has 0 atom stereocenters.